The predicted molar refractivity (Wildman–Crippen MR) is 104 cm³/mol. The van der Waals surface area contributed by atoms with E-state index in [1.165, 1.54) is 32.4 Å². The fourth-order valence-electron chi connectivity index (χ4n) is 3.50. The zero-order valence-corrected chi connectivity index (χ0v) is 16.0. The van der Waals surface area contributed by atoms with Gasteiger partial charge in [-0.1, -0.05) is 44.2 Å². The van der Waals surface area contributed by atoms with Crippen LogP contribution in [0, 0.1) is 0 Å². The fourth-order valence-corrected chi connectivity index (χ4v) is 3.50. The summed E-state index contributed by atoms with van der Waals surface area (Å²) in [6.07, 6.45) is 7.68. The molecule has 0 radical (unpaired) electrons. The molecule has 1 aliphatic carbocycles. The van der Waals surface area contributed by atoms with E-state index < -0.39 is 18.2 Å². The van der Waals surface area contributed by atoms with E-state index >= 15 is 0 Å². The van der Waals surface area contributed by atoms with E-state index in [1.807, 2.05) is 0 Å². The van der Waals surface area contributed by atoms with Gasteiger partial charge in [0.1, 0.15) is 5.56 Å². The Morgan fingerprint density at radius 3 is 2.57 bits per heavy atom. The van der Waals surface area contributed by atoms with Crippen molar-refractivity contribution >= 4 is 22.8 Å². The Morgan fingerprint density at radius 2 is 1.86 bits per heavy atom. The Morgan fingerprint density at radius 1 is 1.14 bits per heavy atom. The van der Waals surface area contributed by atoms with Gasteiger partial charge in [-0.25, -0.2) is 9.59 Å². The second-order valence-corrected chi connectivity index (χ2v) is 7.01. The first kappa shape index (κ1) is 19.9. The van der Waals surface area contributed by atoms with Gasteiger partial charge in [0.2, 0.25) is 0 Å². The lowest BCUT2D eigenvalue weighted by Gasteiger charge is -2.20. The van der Waals surface area contributed by atoms with Crippen molar-refractivity contribution in [3.05, 3.63) is 40.2 Å². The Hall–Kier alpha value is -2.83. The molecule has 150 valence electrons. The van der Waals surface area contributed by atoms with Gasteiger partial charge in [0.05, 0.1) is 7.11 Å². The molecule has 1 amide bonds. The Balaban J connectivity index is 1.62. The summed E-state index contributed by atoms with van der Waals surface area (Å²) >= 11 is 0. The van der Waals surface area contributed by atoms with Crippen LogP contribution in [0.4, 0.5) is 0 Å². The third-order valence-corrected chi connectivity index (χ3v) is 4.97. The molecule has 0 saturated heterocycles. The van der Waals surface area contributed by atoms with Gasteiger partial charge in [-0.05, 0) is 25.0 Å². The van der Waals surface area contributed by atoms with E-state index in [0.717, 1.165) is 25.7 Å². The third kappa shape index (κ3) is 4.91. The van der Waals surface area contributed by atoms with Crippen molar-refractivity contribution in [1.29, 1.82) is 0 Å². The Bertz CT molecular complexity index is 895. The first-order chi connectivity index (χ1) is 13.6. The molecular formula is C21H25NO6. The van der Waals surface area contributed by atoms with E-state index in [9.17, 15) is 14.4 Å². The molecule has 1 aromatic carbocycles. The SMILES string of the molecule is COc1cccc2cc(C(=O)OCC(=O)NC3CCCCCCC3)c(=O)oc12. The maximum atomic E-state index is 12.3. The first-order valence-corrected chi connectivity index (χ1v) is 9.66. The van der Waals surface area contributed by atoms with Crippen LogP contribution in [-0.2, 0) is 9.53 Å². The van der Waals surface area contributed by atoms with Crippen molar-refractivity contribution in [3.63, 3.8) is 0 Å². The second-order valence-electron chi connectivity index (χ2n) is 7.01. The number of esters is 1. The van der Waals surface area contributed by atoms with Gasteiger partial charge in [0.15, 0.2) is 17.9 Å². The number of para-hydroxylation sites is 1. The van der Waals surface area contributed by atoms with Gasteiger partial charge in [0, 0.05) is 11.4 Å². The molecule has 1 heterocycles. The molecule has 28 heavy (non-hydrogen) atoms. The quantitative estimate of drug-likeness (QED) is 0.625. The molecule has 7 heteroatoms. The normalized spacial score (nSPS) is 15.5. The van der Waals surface area contributed by atoms with Gasteiger partial charge >= 0.3 is 11.6 Å². The predicted octanol–water partition coefficient (Wildman–Crippen LogP) is 3.19. The number of hydrogen-bond acceptors (Lipinski definition) is 6. The number of carbonyl (C=O) groups excluding carboxylic acids is 2. The molecule has 1 fully saturated rings. The summed E-state index contributed by atoms with van der Waals surface area (Å²) in [4.78, 5) is 36.5. The van der Waals surface area contributed by atoms with Crippen LogP contribution in [0.5, 0.6) is 5.75 Å². The van der Waals surface area contributed by atoms with E-state index in [1.54, 1.807) is 18.2 Å². The topological polar surface area (TPSA) is 94.8 Å². The maximum Gasteiger partial charge on any atom is 0.351 e. The number of hydrogen-bond donors (Lipinski definition) is 1. The molecule has 1 aliphatic rings. The van der Waals surface area contributed by atoms with E-state index in [0.29, 0.717) is 11.1 Å². The first-order valence-electron chi connectivity index (χ1n) is 9.66. The van der Waals surface area contributed by atoms with Crippen LogP contribution < -0.4 is 15.7 Å². The van der Waals surface area contributed by atoms with Crippen LogP contribution in [0.2, 0.25) is 0 Å². The zero-order chi connectivity index (χ0) is 19.9. The molecule has 0 aliphatic heterocycles. The van der Waals surface area contributed by atoms with Crippen LogP contribution in [0.15, 0.2) is 33.5 Å². The monoisotopic (exact) mass is 387 g/mol. The lowest BCUT2D eigenvalue weighted by molar-refractivity contribution is -0.125. The molecule has 3 rings (SSSR count). The minimum absolute atomic E-state index is 0.115. The molecule has 1 saturated carbocycles. The summed E-state index contributed by atoms with van der Waals surface area (Å²) in [5.41, 5.74) is -0.824. The molecule has 7 nitrogen and oxygen atoms in total. The van der Waals surface area contributed by atoms with Crippen molar-refractivity contribution in [3.8, 4) is 5.75 Å². The van der Waals surface area contributed by atoms with E-state index in [4.69, 9.17) is 13.9 Å². The molecule has 0 atom stereocenters. The van der Waals surface area contributed by atoms with Crippen molar-refractivity contribution in [1.82, 2.24) is 5.32 Å². The van der Waals surface area contributed by atoms with Crippen LogP contribution in [0.25, 0.3) is 11.0 Å². The summed E-state index contributed by atoms with van der Waals surface area (Å²) in [7, 11) is 1.46. The van der Waals surface area contributed by atoms with Gasteiger partial charge in [-0.15, -0.1) is 0 Å². The molecule has 1 N–H and O–H groups in total. The van der Waals surface area contributed by atoms with E-state index in [-0.39, 0.29) is 23.1 Å². The maximum absolute atomic E-state index is 12.3. The summed E-state index contributed by atoms with van der Waals surface area (Å²) < 4.78 is 15.4. The van der Waals surface area contributed by atoms with Crippen molar-refractivity contribution < 1.29 is 23.5 Å². The highest BCUT2D eigenvalue weighted by Crippen LogP contribution is 2.24. The number of nitrogens with one attached hydrogen (secondary N) is 1. The average Bonchev–Trinajstić information content (AvgIpc) is 2.67. The molecule has 2 aromatic rings. The molecule has 0 unspecified atom stereocenters. The number of carbonyl (C=O) groups is 2. The highest BCUT2D eigenvalue weighted by molar-refractivity contribution is 5.95. The minimum atomic E-state index is -0.883. The molecular weight excluding hydrogens is 362 g/mol. The summed E-state index contributed by atoms with van der Waals surface area (Å²) in [6.45, 7) is -0.426. The van der Waals surface area contributed by atoms with Gasteiger partial charge in [-0.2, -0.15) is 0 Å². The van der Waals surface area contributed by atoms with Crippen LogP contribution in [-0.4, -0.2) is 31.6 Å². The van der Waals surface area contributed by atoms with Crippen molar-refractivity contribution in [2.45, 2.75) is 51.0 Å². The lowest BCUT2D eigenvalue weighted by atomic mass is 9.97. The van der Waals surface area contributed by atoms with Gasteiger partial charge < -0.3 is 19.2 Å². The minimum Gasteiger partial charge on any atom is -0.493 e. The zero-order valence-electron chi connectivity index (χ0n) is 16.0. The van der Waals surface area contributed by atoms with Crippen molar-refractivity contribution in [2.24, 2.45) is 0 Å². The average molecular weight is 387 g/mol. The fraction of sp³-hybridized carbons (Fsp3) is 0.476. The summed E-state index contributed by atoms with van der Waals surface area (Å²) in [6, 6.07) is 6.57. The Kier molecular flexibility index (Phi) is 6.68. The van der Waals surface area contributed by atoms with Crippen LogP contribution >= 0.6 is 0 Å². The number of ether oxygens (including phenoxy) is 2. The number of rotatable bonds is 5. The number of benzene rings is 1. The molecule has 1 aromatic heterocycles. The lowest BCUT2D eigenvalue weighted by Crippen LogP contribution is -2.38. The summed E-state index contributed by atoms with van der Waals surface area (Å²) in [5.74, 6) is -0.842. The highest BCUT2D eigenvalue weighted by atomic mass is 16.5. The number of fused-ring (bicyclic) bond motifs is 1. The standard InChI is InChI=1S/C21H25NO6/c1-26-17-11-7-8-14-12-16(21(25)28-19(14)17)20(24)27-13-18(23)22-15-9-5-3-2-4-6-10-15/h7-8,11-12,15H,2-6,9-10,13H2,1H3,(H,22,23). The highest BCUT2D eigenvalue weighted by Gasteiger charge is 2.19. The molecule has 0 spiro atoms. The Labute approximate surface area is 163 Å². The summed E-state index contributed by atoms with van der Waals surface area (Å²) in [5, 5.41) is 3.45. The third-order valence-electron chi connectivity index (χ3n) is 4.97. The number of methoxy groups -OCH3 is 1. The smallest absolute Gasteiger partial charge is 0.351 e. The van der Waals surface area contributed by atoms with Crippen LogP contribution in [0.3, 0.4) is 0 Å². The largest absolute Gasteiger partial charge is 0.493 e. The van der Waals surface area contributed by atoms with Gasteiger partial charge in [-0.3, -0.25) is 4.79 Å². The molecule has 0 bridgehead atoms. The van der Waals surface area contributed by atoms with Gasteiger partial charge in [0.25, 0.3) is 5.91 Å². The van der Waals surface area contributed by atoms with Crippen LogP contribution in [0.1, 0.15) is 55.3 Å². The van der Waals surface area contributed by atoms with Crippen molar-refractivity contribution in [2.75, 3.05) is 13.7 Å². The number of amides is 1. The van der Waals surface area contributed by atoms with E-state index in [2.05, 4.69) is 5.32 Å². The second kappa shape index (κ2) is 9.39.